The van der Waals surface area contributed by atoms with Gasteiger partial charge in [0, 0.05) is 18.3 Å². The first-order valence-electron chi connectivity index (χ1n) is 6.09. The lowest BCUT2D eigenvalue weighted by Gasteiger charge is -2.22. The molecule has 0 unspecified atom stereocenters. The number of aliphatic hydroxyl groups is 1. The topological polar surface area (TPSA) is 36.4 Å². The van der Waals surface area contributed by atoms with Gasteiger partial charge in [-0.1, -0.05) is 17.7 Å². The number of nitrogens with zero attached hydrogens (tertiary/aromatic N) is 2. The number of halogens is 1. The molecular formula is C15H17FN2O. The van der Waals surface area contributed by atoms with Crippen LogP contribution in [-0.4, -0.2) is 17.1 Å². The lowest BCUT2D eigenvalue weighted by atomic mass is 10.1. The van der Waals surface area contributed by atoms with Crippen molar-refractivity contribution in [2.45, 2.75) is 20.5 Å². The number of pyridine rings is 1. The third-order valence-electron chi connectivity index (χ3n) is 3.11. The number of aryl methyl sites for hydroxylation is 2. The summed E-state index contributed by atoms with van der Waals surface area (Å²) in [6.07, 6.45) is 1.16. The molecule has 100 valence electrons. The van der Waals surface area contributed by atoms with Gasteiger partial charge in [0.1, 0.15) is 11.6 Å². The number of aromatic nitrogens is 1. The van der Waals surface area contributed by atoms with E-state index in [1.807, 2.05) is 37.9 Å². The van der Waals surface area contributed by atoms with Gasteiger partial charge in [-0.05, 0) is 31.5 Å². The first-order valence-corrected chi connectivity index (χ1v) is 6.09. The second kappa shape index (κ2) is 5.36. The Labute approximate surface area is 112 Å². The summed E-state index contributed by atoms with van der Waals surface area (Å²) in [4.78, 5) is 5.94. The standard InChI is InChI=1S/C15H17FN2O/c1-10-4-5-14(11(2)6-10)18(3)15-12(9-19)7-13(16)8-17-15/h4-8,19H,9H2,1-3H3. The molecule has 0 saturated heterocycles. The van der Waals surface area contributed by atoms with E-state index in [1.165, 1.54) is 11.6 Å². The van der Waals surface area contributed by atoms with E-state index >= 15 is 0 Å². The van der Waals surface area contributed by atoms with Gasteiger partial charge in [0.2, 0.25) is 0 Å². The Balaban J connectivity index is 2.46. The number of hydrogen-bond acceptors (Lipinski definition) is 3. The third kappa shape index (κ3) is 2.74. The SMILES string of the molecule is Cc1ccc(N(C)c2ncc(F)cc2CO)c(C)c1. The molecule has 0 amide bonds. The summed E-state index contributed by atoms with van der Waals surface area (Å²) in [6.45, 7) is 3.81. The van der Waals surface area contributed by atoms with E-state index in [4.69, 9.17) is 0 Å². The molecule has 0 saturated carbocycles. The molecule has 0 radical (unpaired) electrons. The maximum absolute atomic E-state index is 13.1. The summed E-state index contributed by atoms with van der Waals surface area (Å²) in [7, 11) is 1.86. The van der Waals surface area contributed by atoms with E-state index in [0.29, 0.717) is 11.4 Å². The zero-order chi connectivity index (χ0) is 14.0. The van der Waals surface area contributed by atoms with Gasteiger partial charge in [-0.3, -0.25) is 0 Å². The average molecular weight is 260 g/mol. The Bertz CT molecular complexity index is 599. The smallest absolute Gasteiger partial charge is 0.142 e. The highest BCUT2D eigenvalue weighted by atomic mass is 19.1. The molecule has 0 spiro atoms. The van der Waals surface area contributed by atoms with Gasteiger partial charge in [0.05, 0.1) is 12.8 Å². The molecule has 2 rings (SSSR count). The summed E-state index contributed by atoms with van der Waals surface area (Å²) in [6, 6.07) is 7.40. The van der Waals surface area contributed by atoms with E-state index in [2.05, 4.69) is 11.1 Å². The maximum atomic E-state index is 13.1. The molecule has 4 heteroatoms. The van der Waals surface area contributed by atoms with Crippen LogP contribution in [0.15, 0.2) is 30.5 Å². The summed E-state index contributed by atoms with van der Waals surface area (Å²) in [5, 5.41) is 9.32. The second-order valence-corrected chi connectivity index (χ2v) is 4.64. The Morgan fingerprint density at radius 1 is 1.26 bits per heavy atom. The van der Waals surface area contributed by atoms with E-state index in [-0.39, 0.29) is 6.61 Å². The maximum Gasteiger partial charge on any atom is 0.142 e. The van der Waals surface area contributed by atoms with E-state index in [0.717, 1.165) is 17.4 Å². The van der Waals surface area contributed by atoms with Crippen LogP contribution in [0.5, 0.6) is 0 Å². The summed E-state index contributed by atoms with van der Waals surface area (Å²) in [5.41, 5.74) is 3.75. The molecule has 3 nitrogen and oxygen atoms in total. The van der Waals surface area contributed by atoms with Crippen molar-refractivity contribution in [1.29, 1.82) is 0 Å². The van der Waals surface area contributed by atoms with Crippen molar-refractivity contribution < 1.29 is 9.50 Å². The highest BCUT2D eigenvalue weighted by Crippen LogP contribution is 2.28. The largest absolute Gasteiger partial charge is 0.392 e. The average Bonchev–Trinajstić information content (AvgIpc) is 2.37. The molecule has 1 N–H and O–H groups in total. The van der Waals surface area contributed by atoms with Gasteiger partial charge in [0.15, 0.2) is 0 Å². The highest BCUT2D eigenvalue weighted by Gasteiger charge is 2.13. The predicted octanol–water partition coefficient (Wildman–Crippen LogP) is 3.10. The van der Waals surface area contributed by atoms with Gasteiger partial charge < -0.3 is 10.0 Å². The highest BCUT2D eigenvalue weighted by molar-refractivity contribution is 5.65. The number of benzene rings is 1. The van der Waals surface area contributed by atoms with Crippen LogP contribution in [0.1, 0.15) is 16.7 Å². The fourth-order valence-electron chi connectivity index (χ4n) is 2.19. The van der Waals surface area contributed by atoms with Crippen LogP contribution in [-0.2, 0) is 6.61 Å². The first kappa shape index (κ1) is 13.5. The van der Waals surface area contributed by atoms with Crippen LogP contribution in [0.4, 0.5) is 15.9 Å². The van der Waals surface area contributed by atoms with Crippen LogP contribution in [0.2, 0.25) is 0 Å². The molecule has 1 aromatic heterocycles. The monoisotopic (exact) mass is 260 g/mol. The van der Waals surface area contributed by atoms with Crippen molar-refractivity contribution in [1.82, 2.24) is 4.98 Å². The Morgan fingerprint density at radius 3 is 2.63 bits per heavy atom. The second-order valence-electron chi connectivity index (χ2n) is 4.64. The zero-order valence-electron chi connectivity index (χ0n) is 11.3. The fraction of sp³-hybridized carbons (Fsp3) is 0.267. The Hall–Kier alpha value is -1.94. The van der Waals surface area contributed by atoms with Crippen LogP contribution in [0.25, 0.3) is 0 Å². The minimum Gasteiger partial charge on any atom is -0.392 e. The van der Waals surface area contributed by atoms with Crippen LogP contribution in [0, 0.1) is 19.7 Å². The zero-order valence-corrected chi connectivity index (χ0v) is 11.3. The normalized spacial score (nSPS) is 10.6. The van der Waals surface area contributed by atoms with Gasteiger partial charge in [-0.2, -0.15) is 0 Å². The fourth-order valence-corrected chi connectivity index (χ4v) is 2.19. The van der Waals surface area contributed by atoms with Crippen LogP contribution in [0.3, 0.4) is 0 Å². The summed E-state index contributed by atoms with van der Waals surface area (Å²) < 4.78 is 13.1. The summed E-state index contributed by atoms with van der Waals surface area (Å²) >= 11 is 0. The van der Waals surface area contributed by atoms with Crippen molar-refractivity contribution in [2.75, 3.05) is 11.9 Å². The van der Waals surface area contributed by atoms with Gasteiger partial charge in [0.25, 0.3) is 0 Å². The summed E-state index contributed by atoms with van der Waals surface area (Å²) in [5.74, 6) is 0.123. The molecule has 0 aliphatic carbocycles. The molecular weight excluding hydrogens is 243 g/mol. The van der Waals surface area contributed by atoms with E-state index < -0.39 is 5.82 Å². The number of hydrogen-bond donors (Lipinski definition) is 1. The van der Waals surface area contributed by atoms with Gasteiger partial charge >= 0.3 is 0 Å². The van der Waals surface area contributed by atoms with Crippen molar-refractivity contribution in [3.05, 3.63) is 53.0 Å². The molecule has 0 aliphatic rings. The molecule has 19 heavy (non-hydrogen) atoms. The predicted molar refractivity (Wildman–Crippen MR) is 74.1 cm³/mol. The third-order valence-corrected chi connectivity index (χ3v) is 3.11. The lowest BCUT2D eigenvalue weighted by molar-refractivity contribution is 0.281. The quantitative estimate of drug-likeness (QED) is 0.921. The number of anilines is 2. The van der Waals surface area contributed by atoms with E-state index in [1.54, 1.807) is 0 Å². The van der Waals surface area contributed by atoms with Crippen molar-refractivity contribution in [2.24, 2.45) is 0 Å². The van der Waals surface area contributed by atoms with Gasteiger partial charge in [-0.25, -0.2) is 9.37 Å². The molecule has 0 bridgehead atoms. The minimum atomic E-state index is -0.443. The molecule has 0 atom stereocenters. The van der Waals surface area contributed by atoms with Crippen LogP contribution >= 0.6 is 0 Å². The van der Waals surface area contributed by atoms with E-state index in [9.17, 15) is 9.50 Å². The van der Waals surface area contributed by atoms with Crippen molar-refractivity contribution in [3.63, 3.8) is 0 Å². The van der Waals surface area contributed by atoms with Crippen molar-refractivity contribution >= 4 is 11.5 Å². The molecule has 1 heterocycles. The minimum absolute atomic E-state index is 0.241. The molecule has 0 fully saturated rings. The Kier molecular flexibility index (Phi) is 3.81. The molecule has 0 aliphatic heterocycles. The molecule has 2 aromatic rings. The van der Waals surface area contributed by atoms with Crippen molar-refractivity contribution in [3.8, 4) is 0 Å². The van der Waals surface area contributed by atoms with Gasteiger partial charge in [-0.15, -0.1) is 0 Å². The Morgan fingerprint density at radius 2 is 2.00 bits per heavy atom. The van der Waals surface area contributed by atoms with Crippen LogP contribution < -0.4 is 4.90 Å². The lowest BCUT2D eigenvalue weighted by Crippen LogP contribution is -2.15. The number of rotatable bonds is 3. The number of aliphatic hydroxyl groups excluding tert-OH is 1. The first-order chi connectivity index (χ1) is 9.02. The molecule has 1 aromatic carbocycles.